The first-order valence-corrected chi connectivity index (χ1v) is 10.7. The highest BCUT2D eigenvalue weighted by Crippen LogP contribution is 2.38. The fourth-order valence-electron chi connectivity index (χ4n) is 3.94. The zero-order valence-corrected chi connectivity index (χ0v) is 15.0. The topological polar surface area (TPSA) is 12.0 Å². The van der Waals surface area contributed by atoms with Crippen molar-refractivity contribution in [1.82, 2.24) is 5.32 Å². The number of nitrogens with one attached hydrogen (secondary N) is 1. The van der Waals surface area contributed by atoms with Gasteiger partial charge in [0.2, 0.25) is 0 Å². The minimum atomic E-state index is -0.343. The van der Waals surface area contributed by atoms with Gasteiger partial charge < -0.3 is 0 Å². The number of rotatable bonds is 3. The van der Waals surface area contributed by atoms with Crippen molar-refractivity contribution in [3.05, 3.63) is 40.0 Å². The standard InChI is InChI=1S/C19H27NSi/c1-13-9-16-10-14-7-6-8-15(14)11-17(16)18(13)20-19(2,3)12-21(4)5/h9-12,18,20H,6-8H2,1-5H3. The highest BCUT2D eigenvalue weighted by atomic mass is 28.2. The van der Waals surface area contributed by atoms with Crippen LogP contribution in [0.25, 0.3) is 6.08 Å². The van der Waals surface area contributed by atoms with Gasteiger partial charge in [0.15, 0.2) is 0 Å². The van der Waals surface area contributed by atoms with Crippen molar-refractivity contribution >= 4 is 20.2 Å². The highest BCUT2D eigenvalue weighted by Gasteiger charge is 2.29. The molecule has 21 heavy (non-hydrogen) atoms. The van der Waals surface area contributed by atoms with Gasteiger partial charge in [-0.2, -0.15) is 0 Å². The van der Waals surface area contributed by atoms with Crippen LogP contribution in [0.2, 0.25) is 13.1 Å². The number of hydrogen-bond acceptors (Lipinski definition) is 1. The average Bonchev–Trinajstić information content (AvgIpc) is 2.90. The fraction of sp³-hybridized carbons (Fsp3) is 0.526. The molecule has 0 heterocycles. The average molecular weight is 298 g/mol. The molecule has 0 aliphatic heterocycles. The molecular formula is C19H27NSi. The van der Waals surface area contributed by atoms with Gasteiger partial charge in [0.05, 0.1) is 6.04 Å². The second kappa shape index (κ2) is 5.33. The van der Waals surface area contributed by atoms with Gasteiger partial charge >= 0.3 is 0 Å². The zero-order chi connectivity index (χ0) is 15.2. The van der Waals surface area contributed by atoms with Crippen LogP contribution in [-0.2, 0) is 12.8 Å². The Balaban J connectivity index is 1.93. The number of benzene rings is 1. The van der Waals surface area contributed by atoms with E-state index in [9.17, 15) is 0 Å². The SMILES string of the molecule is CC1=Cc2cc3c(cc2C1NC(C)(C)C=[Si](C)C)CCC3. The van der Waals surface area contributed by atoms with E-state index >= 15 is 0 Å². The van der Waals surface area contributed by atoms with Crippen LogP contribution in [0.1, 0.15) is 55.5 Å². The lowest BCUT2D eigenvalue weighted by Gasteiger charge is -2.30. The first-order chi connectivity index (χ1) is 9.85. The Hall–Kier alpha value is -0.993. The zero-order valence-electron chi connectivity index (χ0n) is 14.0. The minimum Gasteiger partial charge on any atom is -0.298 e. The molecule has 0 fully saturated rings. The predicted molar refractivity (Wildman–Crippen MR) is 95.6 cm³/mol. The maximum Gasteiger partial charge on any atom is 0.0549 e. The smallest absolute Gasteiger partial charge is 0.0549 e. The van der Waals surface area contributed by atoms with Crippen LogP contribution in [0.15, 0.2) is 17.7 Å². The molecule has 2 aliphatic rings. The Kier molecular flexibility index (Phi) is 3.79. The lowest BCUT2D eigenvalue weighted by atomic mass is 9.96. The van der Waals surface area contributed by atoms with Crippen molar-refractivity contribution in [3.8, 4) is 0 Å². The van der Waals surface area contributed by atoms with Gasteiger partial charge in [0.25, 0.3) is 0 Å². The second-order valence-corrected chi connectivity index (χ2v) is 9.96. The van der Waals surface area contributed by atoms with Crippen LogP contribution in [0.3, 0.4) is 0 Å². The maximum atomic E-state index is 3.89. The molecule has 1 aromatic rings. The molecule has 1 nitrogen and oxygen atoms in total. The Labute approximate surface area is 130 Å². The monoisotopic (exact) mass is 297 g/mol. The summed E-state index contributed by atoms with van der Waals surface area (Å²) in [5.74, 6) is 0. The van der Waals surface area contributed by atoms with E-state index in [0.29, 0.717) is 6.04 Å². The van der Waals surface area contributed by atoms with Crippen molar-refractivity contribution in [2.24, 2.45) is 0 Å². The lowest BCUT2D eigenvalue weighted by Crippen LogP contribution is -2.44. The summed E-state index contributed by atoms with van der Waals surface area (Å²) in [4.78, 5) is 0. The van der Waals surface area contributed by atoms with Gasteiger partial charge in [-0.1, -0.05) is 42.5 Å². The van der Waals surface area contributed by atoms with Crippen LogP contribution >= 0.6 is 0 Å². The second-order valence-electron chi connectivity index (χ2n) is 7.51. The van der Waals surface area contributed by atoms with Gasteiger partial charge in [0, 0.05) is 13.9 Å². The van der Waals surface area contributed by atoms with Crippen LogP contribution < -0.4 is 5.32 Å². The Morgan fingerprint density at radius 3 is 2.52 bits per heavy atom. The molecule has 0 spiro atoms. The first-order valence-electron chi connectivity index (χ1n) is 8.13. The van der Waals surface area contributed by atoms with E-state index in [1.54, 1.807) is 11.1 Å². The van der Waals surface area contributed by atoms with E-state index in [0.717, 1.165) is 0 Å². The minimum absolute atomic E-state index is 0.0954. The van der Waals surface area contributed by atoms with E-state index in [4.69, 9.17) is 0 Å². The Morgan fingerprint density at radius 2 is 1.86 bits per heavy atom. The third kappa shape index (κ3) is 2.97. The van der Waals surface area contributed by atoms with E-state index < -0.39 is 0 Å². The summed E-state index contributed by atoms with van der Waals surface area (Å²) in [5.41, 5.74) is 10.2. The summed E-state index contributed by atoms with van der Waals surface area (Å²) in [6.45, 7) is 11.6. The summed E-state index contributed by atoms with van der Waals surface area (Å²) >= 11 is 0. The molecular weight excluding hydrogens is 270 g/mol. The summed E-state index contributed by atoms with van der Waals surface area (Å²) in [7, 11) is -0.343. The fourth-order valence-corrected chi connectivity index (χ4v) is 5.46. The molecule has 0 amide bonds. The van der Waals surface area contributed by atoms with Crippen LogP contribution in [0, 0.1) is 0 Å². The molecule has 2 aliphatic carbocycles. The van der Waals surface area contributed by atoms with Crippen molar-refractivity contribution < 1.29 is 0 Å². The Morgan fingerprint density at radius 1 is 1.19 bits per heavy atom. The lowest BCUT2D eigenvalue weighted by molar-refractivity contribution is 0.469. The van der Waals surface area contributed by atoms with Gasteiger partial charge in [-0.3, -0.25) is 5.32 Å². The molecule has 1 aromatic carbocycles. The maximum absolute atomic E-state index is 3.89. The quantitative estimate of drug-likeness (QED) is 0.827. The van der Waals surface area contributed by atoms with Crippen LogP contribution in [0.4, 0.5) is 0 Å². The van der Waals surface area contributed by atoms with Crippen LogP contribution in [-0.4, -0.2) is 19.6 Å². The molecule has 112 valence electrons. The van der Waals surface area contributed by atoms with Crippen molar-refractivity contribution in [2.75, 3.05) is 0 Å². The normalized spacial score (nSPS) is 20.0. The van der Waals surface area contributed by atoms with Crippen molar-refractivity contribution in [3.63, 3.8) is 0 Å². The Bertz CT molecular complexity index is 633. The van der Waals surface area contributed by atoms with Gasteiger partial charge in [-0.15, -0.1) is 0 Å². The van der Waals surface area contributed by atoms with Gasteiger partial charge in [0.1, 0.15) is 0 Å². The highest BCUT2D eigenvalue weighted by molar-refractivity contribution is 6.64. The van der Waals surface area contributed by atoms with E-state index in [-0.39, 0.29) is 13.9 Å². The summed E-state index contributed by atoms with van der Waals surface area (Å²) in [6.07, 6.45) is 6.24. The summed E-state index contributed by atoms with van der Waals surface area (Å²) in [5, 5.41) is 3.89. The molecule has 2 heteroatoms. The number of hydrogen-bond donors (Lipinski definition) is 1. The molecule has 3 rings (SSSR count). The van der Waals surface area contributed by atoms with E-state index in [1.165, 1.54) is 36.0 Å². The molecule has 1 N–H and O–H groups in total. The largest absolute Gasteiger partial charge is 0.298 e. The third-order valence-corrected chi connectivity index (χ3v) is 5.91. The molecule has 1 atom stereocenters. The third-order valence-electron chi connectivity index (χ3n) is 4.61. The van der Waals surface area contributed by atoms with Crippen LogP contribution in [0.5, 0.6) is 0 Å². The van der Waals surface area contributed by atoms with Gasteiger partial charge in [-0.05, 0) is 62.3 Å². The van der Waals surface area contributed by atoms with E-state index in [1.807, 2.05) is 0 Å². The molecule has 0 saturated heterocycles. The molecule has 1 unspecified atom stereocenters. The molecule has 0 radical (unpaired) electrons. The molecule has 0 bridgehead atoms. The van der Waals surface area contributed by atoms with E-state index in [2.05, 4.69) is 63.1 Å². The van der Waals surface area contributed by atoms with Gasteiger partial charge in [-0.25, -0.2) is 0 Å². The first kappa shape index (κ1) is 14.9. The molecule has 0 saturated carbocycles. The number of fused-ring (bicyclic) bond motifs is 2. The van der Waals surface area contributed by atoms with Crippen molar-refractivity contribution in [1.29, 1.82) is 0 Å². The predicted octanol–water partition coefficient (Wildman–Crippen LogP) is 4.14. The summed E-state index contributed by atoms with van der Waals surface area (Å²) in [6, 6.07) is 5.30. The summed E-state index contributed by atoms with van der Waals surface area (Å²) < 4.78 is 0. The number of aryl methyl sites for hydroxylation is 2. The molecule has 0 aromatic heterocycles. The van der Waals surface area contributed by atoms with Crippen molar-refractivity contribution in [2.45, 2.75) is 64.7 Å².